The molecule has 2 aliphatic rings. The lowest BCUT2D eigenvalue weighted by Gasteiger charge is -2.16. The molecule has 4 heteroatoms. The standard InChI is InChI=1S/C14H24N4/c1-10(2)18-14(16-9-17-18)8-15-7-13(11-3-4-11)12-5-6-12/h9-13,15H,3-8H2,1-2H3. The first kappa shape index (κ1) is 12.2. The molecule has 1 N–H and O–H groups in total. The molecule has 18 heavy (non-hydrogen) atoms. The van der Waals surface area contributed by atoms with E-state index in [-0.39, 0.29) is 0 Å². The zero-order valence-corrected chi connectivity index (χ0v) is 11.5. The molecule has 0 bridgehead atoms. The third-order valence-corrected chi connectivity index (χ3v) is 4.25. The zero-order chi connectivity index (χ0) is 12.5. The van der Waals surface area contributed by atoms with Gasteiger partial charge in [-0.2, -0.15) is 5.10 Å². The van der Waals surface area contributed by atoms with Crippen LogP contribution in [0.3, 0.4) is 0 Å². The Balaban J connectivity index is 1.49. The van der Waals surface area contributed by atoms with Crippen molar-refractivity contribution in [3.63, 3.8) is 0 Å². The smallest absolute Gasteiger partial charge is 0.141 e. The predicted octanol–water partition coefficient (Wildman–Crippen LogP) is 2.38. The van der Waals surface area contributed by atoms with Gasteiger partial charge in [0.05, 0.1) is 6.54 Å². The number of hydrogen-bond donors (Lipinski definition) is 1. The Bertz CT molecular complexity index is 378. The molecule has 0 aliphatic heterocycles. The molecular weight excluding hydrogens is 224 g/mol. The van der Waals surface area contributed by atoms with E-state index in [2.05, 4.69) is 29.2 Å². The molecule has 1 heterocycles. The van der Waals surface area contributed by atoms with Crippen LogP contribution in [0.4, 0.5) is 0 Å². The summed E-state index contributed by atoms with van der Waals surface area (Å²) in [6.45, 7) is 6.32. The molecule has 2 fully saturated rings. The highest BCUT2D eigenvalue weighted by Gasteiger charge is 2.40. The van der Waals surface area contributed by atoms with Gasteiger partial charge in [-0.05, 0) is 63.8 Å². The van der Waals surface area contributed by atoms with E-state index in [1.807, 2.05) is 4.68 Å². The van der Waals surface area contributed by atoms with E-state index in [0.29, 0.717) is 6.04 Å². The molecule has 0 amide bonds. The van der Waals surface area contributed by atoms with E-state index in [1.54, 1.807) is 6.33 Å². The van der Waals surface area contributed by atoms with Crippen LogP contribution in [0.25, 0.3) is 0 Å². The minimum Gasteiger partial charge on any atom is -0.310 e. The van der Waals surface area contributed by atoms with Gasteiger partial charge in [-0.1, -0.05) is 0 Å². The van der Waals surface area contributed by atoms with Gasteiger partial charge in [0.15, 0.2) is 0 Å². The lowest BCUT2D eigenvalue weighted by atomic mass is 9.98. The summed E-state index contributed by atoms with van der Waals surface area (Å²) in [6.07, 6.45) is 7.52. The van der Waals surface area contributed by atoms with Crippen molar-refractivity contribution < 1.29 is 0 Å². The van der Waals surface area contributed by atoms with Gasteiger partial charge in [0.2, 0.25) is 0 Å². The molecule has 2 saturated carbocycles. The zero-order valence-electron chi connectivity index (χ0n) is 11.5. The van der Waals surface area contributed by atoms with Crippen molar-refractivity contribution in [2.75, 3.05) is 6.54 Å². The van der Waals surface area contributed by atoms with Crippen LogP contribution in [0, 0.1) is 17.8 Å². The summed E-state index contributed by atoms with van der Waals surface area (Å²) in [7, 11) is 0. The Kier molecular flexibility index (Phi) is 3.37. The average molecular weight is 248 g/mol. The minimum atomic E-state index is 0.395. The van der Waals surface area contributed by atoms with Crippen molar-refractivity contribution in [2.45, 2.75) is 52.1 Å². The molecule has 0 unspecified atom stereocenters. The Morgan fingerprint density at radius 3 is 2.50 bits per heavy atom. The summed E-state index contributed by atoms with van der Waals surface area (Å²) < 4.78 is 2.01. The first-order valence-electron chi connectivity index (χ1n) is 7.35. The van der Waals surface area contributed by atoms with Crippen molar-refractivity contribution in [3.05, 3.63) is 12.2 Å². The topological polar surface area (TPSA) is 42.7 Å². The van der Waals surface area contributed by atoms with Crippen LogP contribution in [0.2, 0.25) is 0 Å². The predicted molar refractivity (Wildman–Crippen MR) is 71.1 cm³/mol. The lowest BCUT2D eigenvalue weighted by molar-refractivity contribution is 0.372. The average Bonchev–Trinajstić information content (AvgIpc) is 3.24. The molecule has 4 nitrogen and oxygen atoms in total. The van der Waals surface area contributed by atoms with E-state index in [1.165, 1.54) is 32.2 Å². The summed E-state index contributed by atoms with van der Waals surface area (Å²) in [5, 5.41) is 7.88. The monoisotopic (exact) mass is 248 g/mol. The van der Waals surface area contributed by atoms with E-state index in [4.69, 9.17) is 0 Å². The second-order valence-electron chi connectivity index (χ2n) is 6.18. The molecule has 0 saturated heterocycles. The van der Waals surface area contributed by atoms with Gasteiger partial charge >= 0.3 is 0 Å². The number of rotatable bonds is 7. The van der Waals surface area contributed by atoms with E-state index >= 15 is 0 Å². The highest BCUT2D eigenvalue weighted by Crippen LogP contribution is 2.48. The van der Waals surface area contributed by atoms with E-state index in [9.17, 15) is 0 Å². The molecule has 0 aromatic carbocycles. The molecule has 1 aromatic heterocycles. The number of nitrogens with one attached hydrogen (secondary N) is 1. The molecule has 100 valence electrons. The number of aromatic nitrogens is 3. The second kappa shape index (κ2) is 5.00. The van der Waals surface area contributed by atoms with Crippen LogP contribution >= 0.6 is 0 Å². The molecule has 3 rings (SSSR count). The van der Waals surface area contributed by atoms with Gasteiger partial charge < -0.3 is 5.32 Å². The van der Waals surface area contributed by atoms with Gasteiger partial charge in [-0.25, -0.2) is 9.67 Å². The summed E-state index contributed by atoms with van der Waals surface area (Å²) >= 11 is 0. The van der Waals surface area contributed by atoms with E-state index in [0.717, 1.165) is 30.1 Å². The highest BCUT2D eigenvalue weighted by molar-refractivity contribution is 4.93. The van der Waals surface area contributed by atoms with Gasteiger partial charge in [-0.3, -0.25) is 0 Å². The first-order chi connectivity index (χ1) is 8.75. The minimum absolute atomic E-state index is 0.395. The van der Waals surface area contributed by atoms with Crippen LogP contribution in [-0.4, -0.2) is 21.3 Å². The van der Waals surface area contributed by atoms with Crippen LogP contribution < -0.4 is 5.32 Å². The van der Waals surface area contributed by atoms with Crippen molar-refractivity contribution in [1.82, 2.24) is 20.1 Å². The largest absolute Gasteiger partial charge is 0.310 e. The Labute approximate surface area is 109 Å². The maximum Gasteiger partial charge on any atom is 0.141 e. The first-order valence-corrected chi connectivity index (χ1v) is 7.35. The van der Waals surface area contributed by atoms with Crippen molar-refractivity contribution in [1.29, 1.82) is 0 Å². The summed E-state index contributed by atoms with van der Waals surface area (Å²) in [6, 6.07) is 0.395. The molecule has 2 aliphatic carbocycles. The lowest BCUT2D eigenvalue weighted by Crippen LogP contribution is -2.27. The molecule has 0 atom stereocenters. The van der Waals surface area contributed by atoms with Gasteiger partial charge in [0.1, 0.15) is 12.2 Å². The van der Waals surface area contributed by atoms with Crippen LogP contribution in [-0.2, 0) is 6.54 Å². The number of nitrogens with zero attached hydrogens (tertiary/aromatic N) is 3. The summed E-state index contributed by atoms with van der Waals surface area (Å²) in [5.74, 6) is 4.04. The fourth-order valence-electron chi connectivity index (χ4n) is 2.95. The normalized spacial score (nSPS) is 20.0. The number of hydrogen-bond acceptors (Lipinski definition) is 3. The summed E-state index contributed by atoms with van der Waals surface area (Å²) in [5.41, 5.74) is 0. The van der Waals surface area contributed by atoms with E-state index < -0.39 is 0 Å². The molecule has 0 spiro atoms. The molecule has 1 aromatic rings. The Morgan fingerprint density at radius 2 is 1.94 bits per heavy atom. The SMILES string of the molecule is CC(C)n1ncnc1CNCC(C1CC1)C1CC1. The third-order valence-electron chi connectivity index (χ3n) is 4.25. The quantitative estimate of drug-likeness (QED) is 0.805. The maximum atomic E-state index is 4.34. The Hall–Kier alpha value is -0.900. The third kappa shape index (κ3) is 2.74. The van der Waals surface area contributed by atoms with Crippen LogP contribution in [0.1, 0.15) is 51.4 Å². The molecule has 0 radical (unpaired) electrons. The van der Waals surface area contributed by atoms with Crippen molar-refractivity contribution in [3.8, 4) is 0 Å². The van der Waals surface area contributed by atoms with Gasteiger partial charge in [0.25, 0.3) is 0 Å². The maximum absolute atomic E-state index is 4.34. The second-order valence-corrected chi connectivity index (χ2v) is 6.18. The van der Waals surface area contributed by atoms with Gasteiger partial charge in [0, 0.05) is 6.04 Å². The van der Waals surface area contributed by atoms with Crippen molar-refractivity contribution >= 4 is 0 Å². The Morgan fingerprint density at radius 1 is 1.28 bits per heavy atom. The van der Waals surface area contributed by atoms with Crippen LogP contribution in [0.5, 0.6) is 0 Å². The molecular formula is C14H24N4. The highest BCUT2D eigenvalue weighted by atomic mass is 15.3. The van der Waals surface area contributed by atoms with Gasteiger partial charge in [-0.15, -0.1) is 0 Å². The fraction of sp³-hybridized carbons (Fsp3) is 0.857. The summed E-state index contributed by atoms with van der Waals surface area (Å²) in [4.78, 5) is 4.34. The fourth-order valence-corrected chi connectivity index (χ4v) is 2.95. The van der Waals surface area contributed by atoms with Crippen LogP contribution in [0.15, 0.2) is 6.33 Å². The van der Waals surface area contributed by atoms with Crippen molar-refractivity contribution in [2.24, 2.45) is 17.8 Å².